The second-order valence-electron chi connectivity index (χ2n) is 3.01. The van der Waals surface area contributed by atoms with Crippen molar-refractivity contribution in [3.63, 3.8) is 0 Å². The Morgan fingerprint density at radius 1 is 1.67 bits per heavy atom. The van der Waals surface area contributed by atoms with Crippen molar-refractivity contribution in [2.75, 3.05) is 13.6 Å². The van der Waals surface area contributed by atoms with Gasteiger partial charge in [-0.05, 0) is 5.92 Å². The Kier molecular flexibility index (Phi) is 1.74. The van der Waals surface area contributed by atoms with Gasteiger partial charge in [-0.1, -0.05) is 13.8 Å². The third kappa shape index (κ3) is 1.44. The number of hydrogen-bond acceptors (Lipinski definition) is 2. The lowest BCUT2D eigenvalue weighted by molar-refractivity contribution is 0.330. The molecule has 0 fully saturated rings. The van der Waals surface area contributed by atoms with Crippen molar-refractivity contribution in [3.8, 4) is 0 Å². The first-order chi connectivity index (χ1) is 4.20. The normalized spacial score (nSPS) is 26.2. The van der Waals surface area contributed by atoms with Gasteiger partial charge in [-0.3, -0.25) is 5.01 Å². The van der Waals surface area contributed by atoms with Crippen LogP contribution in [0.5, 0.6) is 0 Å². The summed E-state index contributed by atoms with van der Waals surface area (Å²) in [6, 6.07) is 0. The summed E-state index contributed by atoms with van der Waals surface area (Å²) in [6.07, 6.45) is 2.05. The van der Waals surface area contributed by atoms with Crippen LogP contribution in [0.1, 0.15) is 13.8 Å². The van der Waals surface area contributed by atoms with Crippen LogP contribution in [-0.2, 0) is 0 Å². The molecule has 2 heteroatoms. The van der Waals surface area contributed by atoms with Crippen LogP contribution in [0.25, 0.3) is 0 Å². The average molecular weight is 126 g/mol. The van der Waals surface area contributed by atoms with Gasteiger partial charge >= 0.3 is 0 Å². The zero-order chi connectivity index (χ0) is 6.85. The van der Waals surface area contributed by atoms with E-state index in [-0.39, 0.29) is 0 Å². The monoisotopic (exact) mass is 126 g/mol. The van der Waals surface area contributed by atoms with Crippen molar-refractivity contribution in [2.24, 2.45) is 16.9 Å². The zero-order valence-corrected chi connectivity index (χ0v) is 6.33. The molecule has 9 heavy (non-hydrogen) atoms. The summed E-state index contributed by atoms with van der Waals surface area (Å²) in [5.74, 6) is 1.41. The fourth-order valence-electron chi connectivity index (χ4n) is 0.982. The fraction of sp³-hybridized carbons (Fsp3) is 0.857. The Hall–Kier alpha value is -0.530. The van der Waals surface area contributed by atoms with Crippen LogP contribution in [0, 0.1) is 11.8 Å². The predicted octanol–water partition coefficient (Wildman–Crippen LogP) is 1.19. The number of hydrogen-bond donors (Lipinski definition) is 0. The van der Waals surface area contributed by atoms with Gasteiger partial charge in [-0.2, -0.15) is 5.10 Å². The molecular weight excluding hydrogens is 112 g/mol. The minimum atomic E-state index is 0.676. The Bertz CT molecular complexity index is 118. The first-order valence-electron chi connectivity index (χ1n) is 3.45. The zero-order valence-electron chi connectivity index (χ0n) is 6.33. The first-order valence-corrected chi connectivity index (χ1v) is 3.45. The van der Waals surface area contributed by atoms with Crippen molar-refractivity contribution in [1.29, 1.82) is 0 Å². The molecule has 0 saturated carbocycles. The summed E-state index contributed by atoms with van der Waals surface area (Å²) in [4.78, 5) is 0. The van der Waals surface area contributed by atoms with Crippen LogP contribution in [0.4, 0.5) is 0 Å². The molecule has 0 aliphatic carbocycles. The van der Waals surface area contributed by atoms with Crippen molar-refractivity contribution >= 4 is 6.21 Å². The second-order valence-corrected chi connectivity index (χ2v) is 3.01. The minimum Gasteiger partial charge on any atom is -0.300 e. The van der Waals surface area contributed by atoms with Crippen LogP contribution >= 0.6 is 0 Å². The van der Waals surface area contributed by atoms with Crippen LogP contribution in [-0.4, -0.2) is 24.8 Å². The lowest BCUT2D eigenvalue weighted by Gasteiger charge is -2.12. The molecule has 0 aromatic carbocycles. The van der Waals surface area contributed by atoms with E-state index < -0.39 is 0 Å². The molecule has 1 aliphatic rings. The van der Waals surface area contributed by atoms with Crippen LogP contribution in [0.15, 0.2) is 5.10 Å². The van der Waals surface area contributed by atoms with Crippen molar-refractivity contribution in [3.05, 3.63) is 0 Å². The van der Waals surface area contributed by atoms with E-state index in [4.69, 9.17) is 0 Å². The third-order valence-corrected chi connectivity index (χ3v) is 1.79. The maximum absolute atomic E-state index is 4.15. The minimum absolute atomic E-state index is 0.676. The highest BCUT2D eigenvalue weighted by molar-refractivity contribution is 5.62. The molecule has 0 saturated heterocycles. The van der Waals surface area contributed by atoms with Gasteiger partial charge in [0.1, 0.15) is 0 Å². The summed E-state index contributed by atoms with van der Waals surface area (Å²) >= 11 is 0. The number of rotatable bonds is 1. The van der Waals surface area contributed by atoms with Gasteiger partial charge in [-0.25, -0.2) is 0 Å². The highest BCUT2D eigenvalue weighted by Crippen LogP contribution is 2.14. The highest BCUT2D eigenvalue weighted by atomic mass is 15.4. The second kappa shape index (κ2) is 2.38. The van der Waals surface area contributed by atoms with E-state index in [1.54, 1.807) is 0 Å². The topological polar surface area (TPSA) is 15.6 Å². The maximum Gasteiger partial charge on any atom is 0.0437 e. The molecule has 0 N–H and O–H groups in total. The smallest absolute Gasteiger partial charge is 0.0437 e. The Balaban J connectivity index is 2.41. The number of nitrogens with zero attached hydrogens (tertiary/aromatic N) is 2. The molecule has 1 atom stereocenters. The SMILES string of the molecule is CC(C)C1C=NN(C)C1. The summed E-state index contributed by atoms with van der Waals surface area (Å²) in [7, 11) is 2.01. The molecule has 1 unspecified atom stereocenters. The standard InChI is InChI=1S/C7H14N2/c1-6(2)7-4-8-9(3)5-7/h4,6-7H,5H2,1-3H3. The molecule has 2 nitrogen and oxygen atoms in total. The Labute approximate surface area is 56.5 Å². The molecule has 0 aromatic rings. The van der Waals surface area contributed by atoms with Gasteiger partial charge in [0, 0.05) is 25.7 Å². The maximum atomic E-state index is 4.15. The summed E-state index contributed by atoms with van der Waals surface area (Å²) in [5.41, 5.74) is 0. The van der Waals surface area contributed by atoms with Gasteiger partial charge < -0.3 is 0 Å². The van der Waals surface area contributed by atoms with E-state index in [1.807, 2.05) is 18.3 Å². The van der Waals surface area contributed by atoms with Crippen LogP contribution in [0.3, 0.4) is 0 Å². The Morgan fingerprint density at radius 3 is 2.56 bits per heavy atom. The van der Waals surface area contributed by atoms with Gasteiger partial charge in [0.25, 0.3) is 0 Å². The molecule has 1 aliphatic heterocycles. The molecule has 0 spiro atoms. The summed E-state index contributed by atoms with van der Waals surface area (Å²) in [5, 5.41) is 6.14. The first kappa shape index (κ1) is 6.59. The van der Waals surface area contributed by atoms with Crippen LogP contribution < -0.4 is 0 Å². The largest absolute Gasteiger partial charge is 0.300 e. The van der Waals surface area contributed by atoms with E-state index in [0.717, 1.165) is 12.5 Å². The summed E-state index contributed by atoms with van der Waals surface area (Å²) in [6.45, 7) is 5.56. The van der Waals surface area contributed by atoms with Gasteiger partial charge in [0.2, 0.25) is 0 Å². The molecule has 1 rings (SSSR count). The number of hydrazone groups is 1. The molecule has 1 heterocycles. The van der Waals surface area contributed by atoms with E-state index in [1.165, 1.54) is 0 Å². The van der Waals surface area contributed by atoms with Crippen molar-refractivity contribution in [1.82, 2.24) is 5.01 Å². The van der Waals surface area contributed by atoms with Gasteiger partial charge in [0.05, 0.1) is 0 Å². The molecule has 0 radical (unpaired) electrons. The molecular formula is C7H14N2. The van der Waals surface area contributed by atoms with E-state index in [2.05, 4.69) is 18.9 Å². The van der Waals surface area contributed by atoms with Gasteiger partial charge in [-0.15, -0.1) is 0 Å². The molecule has 0 bridgehead atoms. The molecule has 52 valence electrons. The lowest BCUT2D eigenvalue weighted by atomic mass is 9.98. The van der Waals surface area contributed by atoms with E-state index in [0.29, 0.717) is 5.92 Å². The van der Waals surface area contributed by atoms with E-state index >= 15 is 0 Å². The quantitative estimate of drug-likeness (QED) is 0.515. The molecule has 0 aromatic heterocycles. The van der Waals surface area contributed by atoms with E-state index in [9.17, 15) is 0 Å². The highest BCUT2D eigenvalue weighted by Gasteiger charge is 2.16. The van der Waals surface area contributed by atoms with Crippen LogP contribution in [0.2, 0.25) is 0 Å². The average Bonchev–Trinajstić information content (AvgIpc) is 2.14. The summed E-state index contributed by atoms with van der Waals surface area (Å²) < 4.78 is 0. The Morgan fingerprint density at radius 2 is 2.33 bits per heavy atom. The van der Waals surface area contributed by atoms with Crippen molar-refractivity contribution < 1.29 is 0 Å². The third-order valence-electron chi connectivity index (χ3n) is 1.79. The predicted molar refractivity (Wildman–Crippen MR) is 39.5 cm³/mol. The van der Waals surface area contributed by atoms with Gasteiger partial charge in [0.15, 0.2) is 0 Å². The van der Waals surface area contributed by atoms with Crippen molar-refractivity contribution in [2.45, 2.75) is 13.8 Å². The fourth-order valence-corrected chi connectivity index (χ4v) is 0.982. The lowest BCUT2D eigenvalue weighted by Crippen LogP contribution is -2.17. The molecule has 0 amide bonds.